The van der Waals surface area contributed by atoms with Crippen LogP contribution in [0.25, 0.3) is 22.2 Å². The Hall–Kier alpha value is -3.53. The zero-order valence-electron chi connectivity index (χ0n) is 14.7. The molecular weight excluding hydrogens is 338 g/mol. The number of ether oxygens (including phenoxy) is 1. The minimum atomic E-state index is -0.858. The molecule has 0 bridgehead atoms. The number of carboxylic acid groups (broad SMARTS) is 1. The lowest BCUT2D eigenvalue weighted by Crippen LogP contribution is -2.02. The molecule has 1 aromatic heterocycles. The number of carbonyl (C=O) groups is 1. The zero-order valence-corrected chi connectivity index (χ0v) is 14.7. The molecule has 0 unspecified atom stereocenters. The molecule has 4 heteroatoms. The van der Waals surface area contributed by atoms with E-state index in [1.54, 1.807) is 0 Å². The smallest absolute Gasteiger partial charge is 0.307 e. The molecular formula is C23H19NO3. The molecule has 0 amide bonds. The Morgan fingerprint density at radius 2 is 1.59 bits per heavy atom. The van der Waals surface area contributed by atoms with Crippen LogP contribution in [0.2, 0.25) is 0 Å². The van der Waals surface area contributed by atoms with Crippen molar-refractivity contribution in [2.75, 3.05) is 0 Å². The molecule has 1 heterocycles. The Balaban J connectivity index is 1.76. The van der Waals surface area contributed by atoms with Crippen molar-refractivity contribution in [2.45, 2.75) is 13.0 Å². The summed E-state index contributed by atoms with van der Waals surface area (Å²) in [6, 6.07) is 25.4. The number of fused-ring (bicyclic) bond motifs is 1. The lowest BCUT2D eigenvalue weighted by molar-refractivity contribution is -0.136. The van der Waals surface area contributed by atoms with Crippen LogP contribution in [0.1, 0.15) is 11.1 Å². The average molecular weight is 357 g/mol. The Kier molecular flexibility index (Phi) is 4.62. The summed E-state index contributed by atoms with van der Waals surface area (Å²) >= 11 is 0. The molecule has 0 spiro atoms. The summed E-state index contributed by atoms with van der Waals surface area (Å²) in [7, 11) is 0. The fraction of sp³-hybridized carbons (Fsp3) is 0.0870. The van der Waals surface area contributed by atoms with Crippen molar-refractivity contribution in [3.05, 3.63) is 90.0 Å². The fourth-order valence-electron chi connectivity index (χ4n) is 3.30. The Labute approximate surface area is 157 Å². The second-order valence-corrected chi connectivity index (χ2v) is 6.37. The van der Waals surface area contributed by atoms with Crippen molar-refractivity contribution < 1.29 is 14.6 Å². The molecule has 0 atom stereocenters. The molecule has 4 aromatic rings. The maximum Gasteiger partial charge on any atom is 0.307 e. The Bertz CT molecular complexity index is 1080. The van der Waals surface area contributed by atoms with E-state index in [1.807, 2.05) is 78.9 Å². The van der Waals surface area contributed by atoms with Gasteiger partial charge in [0.1, 0.15) is 12.4 Å². The highest BCUT2D eigenvalue weighted by atomic mass is 16.5. The average Bonchev–Trinajstić information content (AvgIpc) is 3.05. The van der Waals surface area contributed by atoms with Gasteiger partial charge in [-0.1, -0.05) is 60.7 Å². The van der Waals surface area contributed by atoms with Gasteiger partial charge in [-0.25, -0.2) is 0 Å². The number of aliphatic carboxylic acids is 1. The first-order valence-corrected chi connectivity index (χ1v) is 8.80. The molecule has 4 nitrogen and oxygen atoms in total. The third-order valence-electron chi connectivity index (χ3n) is 4.54. The van der Waals surface area contributed by atoms with Crippen molar-refractivity contribution in [2.24, 2.45) is 0 Å². The maximum atomic E-state index is 11.4. The number of para-hydroxylation sites is 2. The first-order valence-electron chi connectivity index (χ1n) is 8.80. The number of aromatic nitrogens is 1. The standard InChI is InChI=1S/C23H19NO3/c25-22(26)14-19-17-10-4-6-12-20(17)24-23(19)18-11-5-7-13-21(18)27-15-16-8-2-1-3-9-16/h1-13,24H,14-15H2,(H,25,26). The number of benzene rings is 3. The minimum Gasteiger partial charge on any atom is -0.488 e. The van der Waals surface area contributed by atoms with E-state index in [9.17, 15) is 9.90 Å². The van der Waals surface area contributed by atoms with E-state index in [1.165, 1.54) is 0 Å². The van der Waals surface area contributed by atoms with E-state index in [-0.39, 0.29) is 6.42 Å². The van der Waals surface area contributed by atoms with Gasteiger partial charge in [-0.3, -0.25) is 4.79 Å². The molecule has 27 heavy (non-hydrogen) atoms. The molecule has 0 aliphatic carbocycles. The van der Waals surface area contributed by atoms with Gasteiger partial charge < -0.3 is 14.8 Å². The molecule has 0 saturated heterocycles. The second-order valence-electron chi connectivity index (χ2n) is 6.37. The van der Waals surface area contributed by atoms with Crippen LogP contribution in [-0.2, 0) is 17.8 Å². The lowest BCUT2D eigenvalue weighted by atomic mass is 10.0. The number of nitrogens with one attached hydrogen (secondary N) is 1. The summed E-state index contributed by atoms with van der Waals surface area (Å²) in [5.74, 6) is -0.136. The summed E-state index contributed by atoms with van der Waals surface area (Å²) < 4.78 is 6.07. The van der Waals surface area contributed by atoms with E-state index < -0.39 is 5.97 Å². The highest BCUT2D eigenvalue weighted by Gasteiger charge is 2.18. The normalized spacial score (nSPS) is 10.8. The molecule has 4 rings (SSSR count). The van der Waals surface area contributed by atoms with E-state index >= 15 is 0 Å². The van der Waals surface area contributed by atoms with Gasteiger partial charge in [-0.2, -0.15) is 0 Å². The van der Waals surface area contributed by atoms with Crippen molar-refractivity contribution in [3.63, 3.8) is 0 Å². The van der Waals surface area contributed by atoms with Crippen molar-refractivity contribution in [1.82, 2.24) is 4.98 Å². The summed E-state index contributed by atoms with van der Waals surface area (Å²) in [4.78, 5) is 14.8. The van der Waals surface area contributed by atoms with E-state index in [2.05, 4.69) is 4.98 Å². The van der Waals surface area contributed by atoms with Gasteiger partial charge in [0.05, 0.1) is 12.1 Å². The van der Waals surface area contributed by atoms with Gasteiger partial charge in [0, 0.05) is 16.5 Å². The van der Waals surface area contributed by atoms with E-state index in [0.29, 0.717) is 6.61 Å². The molecule has 134 valence electrons. The molecule has 0 radical (unpaired) electrons. The number of aromatic amines is 1. The van der Waals surface area contributed by atoms with Crippen molar-refractivity contribution in [1.29, 1.82) is 0 Å². The van der Waals surface area contributed by atoms with Crippen LogP contribution in [0.3, 0.4) is 0 Å². The zero-order chi connectivity index (χ0) is 18.6. The van der Waals surface area contributed by atoms with Crippen LogP contribution in [0, 0.1) is 0 Å². The number of hydrogen-bond donors (Lipinski definition) is 2. The minimum absolute atomic E-state index is 0.0492. The first kappa shape index (κ1) is 16.9. The maximum absolute atomic E-state index is 11.4. The number of hydrogen-bond acceptors (Lipinski definition) is 2. The molecule has 0 fully saturated rings. The number of rotatable bonds is 6. The fourth-order valence-corrected chi connectivity index (χ4v) is 3.30. The van der Waals surface area contributed by atoms with Crippen LogP contribution >= 0.6 is 0 Å². The van der Waals surface area contributed by atoms with Gasteiger partial charge in [0.2, 0.25) is 0 Å². The molecule has 0 saturated carbocycles. The van der Waals surface area contributed by atoms with Crippen LogP contribution in [-0.4, -0.2) is 16.1 Å². The molecule has 0 aliphatic heterocycles. The highest BCUT2D eigenvalue weighted by Crippen LogP contribution is 2.36. The third kappa shape index (κ3) is 3.55. The van der Waals surface area contributed by atoms with Gasteiger partial charge in [0.15, 0.2) is 0 Å². The lowest BCUT2D eigenvalue weighted by Gasteiger charge is -2.12. The van der Waals surface area contributed by atoms with Gasteiger partial charge >= 0.3 is 5.97 Å². The van der Waals surface area contributed by atoms with Crippen molar-refractivity contribution in [3.8, 4) is 17.0 Å². The van der Waals surface area contributed by atoms with Gasteiger partial charge in [-0.15, -0.1) is 0 Å². The molecule has 0 aliphatic rings. The highest BCUT2D eigenvalue weighted by molar-refractivity contribution is 5.94. The molecule has 2 N–H and O–H groups in total. The summed E-state index contributed by atoms with van der Waals surface area (Å²) in [5.41, 5.74) is 4.42. The SMILES string of the molecule is O=C(O)Cc1c(-c2ccccc2OCc2ccccc2)[nH]c2ccccc12. The van der Waals surface area contributed by atoms with Crippen LogP contribution < -0.4 is 4.74 Å². The predicted octanol–water partition coefficient (Wildman–Crippen LogP) is 5.04. The molecule has 3 aromatic carbocycles. The van der Waals surface area contributed by atoms with Crippen LogP contribution in [0.15, 0.2) is 78.9 Å². The predicted molar refractivity (Wildman–Crippen MR) is 106 cm³/mol. The summed E-state index contributed by atoms with van der Waals surface area (Å²) in [6.45, 7) is 0.451. The van der Waals surface area contributed by atoms with Crippen LogP contribution in [0.4, 0.5) is 0 Å². The summed E-state index contributed by atoms with van der Waals surface area (Å²) in [6.07, 6.45) is -0.0492. The second kappa shape index (κ2) is 7.38. The van der Waals surface area contributed by atoms with E-state index in [4.69, 9.17) is 4.74 Å². The Morgan fingerprint density at radius 3 is 2.41 bits per heavy atom. The van der Waals surface area contributed by atoms with Crippen molar-refractivity contribution >= 4 is 16.9 Å². The first-order chi connectivity index (χ1) is 13.2. The topological polar surface area (TPSA) is 62.3 Å². The third-order valence-corrected chi connectivity index (χ3v) is 4.54. The van der Waals surface area contributed by atoms with E-state index in [0.717, 1.165) is 39.0 Å². The van der Waals surface area contributed by atoms with Gasteiger partial charge in [-0.05, 0) is 29.3 Å². The van der Waals surface area contributed by atoms with Crippen LogP contribution in [0.5, 0.6) is 5.75 Å². The number of H-pyrrole nitrogens is 1. The summed E-state index contributed by atoms with van der Waals surface area (Å²) in [5, 5.41) is 10.3. The Morgan fingerprint density at radius 1 is 0.889 bits per heavy atom. The quantitative estimate of drug-likeness (QED) is 0.508. The largest absolute Gasteiger partial charge is 0.488 e. The number of carboxylic acids is 1. The monoisotopic (exact) mass is 357 g/mol. The van der Waals surface area contributed by atoms with Gasteiger partial charge in [0.25, 0.3) is 0 Å².